The van der Waals surface area contributed by atoms with Crippen molar-refractivity contribution in [1.29, 1.82) is 0 Å². The van der Waals surface area contributed by atoms with Gasteiger partial charge in [-0.25, -0.2) is 19.2 Å². The minimum Gasteiger partial charge on any atom is -0.455 e. The molecular weight excluding hydrogens is 591 g/mol. The number of likely N-dealkylation sites (tertiary alicyclic amines) is 1. The van der Waals surface area contributed by atoms with Crippen molar-refractivity contribution in [2.24, 2.45) is 0 Å². The third kappa shape index (κ3) is 7.41. The van der Waals surface area contributed by atoms with Gasteiger partial charge in [0.05, 0.1) is 27.8 Å². The molecule has 2 aliphatic rings. The van der Waals surface area contributed by atoms with Gasteiger partial charge < -0.3 is 34.5 Å². The number of amides is 2. The molecule has 1 fully saturated rings. The highest BCUT2D eigenvalue weighted by atomic mass is 19.1. The molecule has 45 heavy (non-hydrogen) atoms. The molecule has 15 heteroatoms. The maximum absolute atomic E-state index is 14.6. The van der Waals surface area contributed by atoms with Crippen LogP contribution in [-0.2, 0) is 23.7 Å². The van der Waals surface area contributed by atoms with Gasteiger partial charge in [-0.15, -0.1) is 0 Å². The van der Waals surface area contributed by atoms with Crippen LogP contribution in [0.4, 0.5) is 20.7 Å². The van der Waals surface area contributed by atoms with Crippen LogP contribution < -0.4 is 10.6 Å². The summed E-state index contributed by atoms with van der Waals surface area (Å²) in [4.78, 5) is 48.0. The van der Waals surface area contributed by atoms with Crippen LogP contribution in [0.5, 0.6) is 0 Å². The molecule has 2 amide bonds. The summed E-state index contributed by atoms with van der Waals surface area (Å²) in [7, 11) is 1.31. The number of anilines is 1. The zero-order valence-corrected chi connectivity index (χ0v) is 26.4. The predicted octanol–water partition coefficient (Wildman–Crippen LogP) is 4.84. The summed E-state index contributed by atoms with van der Waals surface area (Å²) in [5, 5.41) is 17.6. The molecule has 2 aromatic rings. The lowest BCUT2D eigenvalue weighted by atomic mass is 9.98. The molecule has 1 aromatic heterocycles. The summed E-state index contributed by atoms with van der Waals surface area (Å²) >= 11 is 0. The zero-order chi connectivity index (χ0) is 33.1. The van der Waals surface area contributed by atoms with Gasteiger partial charge in [0.2, 0.25) is 0 Å². The number of halogens is 1. The molecule has 0 saturated carbocycles. The summed E-state index contributed by atoms with van der Waals surface area (Å²) in [6.45, 7) is 9.45. The lowest BCUT2D eigenvalue weighted by molar-refractivity contribution is -0.385. The fraction of sp³-hybridized carbons (Fsp3) is 0.533. The van der Waals surface area contributed by atoms with Crippen molar-refractivity contribution in [3.05, 3.63) is 69.0 Å². The van der Waals surface area contributed by atoms with E-state index in [9.17, 15) is 24.1 Å². The van der Waals surface area contributed by atoms with E-state index < -0.39 is 53.2 Å². The average molecular weight is 631 g/mol. The molecule has 0 radical (unpaired) electrons. The zero-order valence-electron chi connectivity index (χ0n) is 26.4. The minimum absolute atomic E-state index is 0.0253. The number of carbonyl (C=O) groups excluding carboxylic acids is 2. The van der Waals surface area contributed by atoms with Gasteiger partial charge in [0, 0.05) is 31.8 Å². The predicted molar refractivity (Wildman–Crippen MR) is 160 cm³/mol. The van der Waals surface area contributed by atoms with Crippen LogP contribution in [0.2, 0.25) is 0 Å². The van der Waals surface area contributed by atoms with E-state index >= 15 is 0 Å². The molecule has 4 rings (SSSR count). The number of rotatable bonds is 10. The number of nitrogens with one attached hydrogen (secondary N) is 2. The van der Waals surface area contributed by atoms with Crippen LogP contribution in [0.3, 0.4) is 0 Å². The van der Waals surface area contributed by atoms with Gasteiger partial charge in [0.1, 0.15) is 36.4 Å². The molecule has 14 nitrogen and oxygen atoms in total. The van der Waals surface area contributed by atoms with Crippen molar-refractivity contribution < 1.29 is 37.9 Å². The number of alkyl halides is 1. The third-order valence-electron chi connectivity index (χ3n) is 7.52. The lowest BCUT2D eigenvalue weighted by Crippen LogP contribution is -2.54. The number of nitro groups is 1. The molecule has 2 unspecified atom stereocenters. The number of hydrogen-bond acceptors (Lipinski definition) is 11. The first-order valence-corrected chi connectivity index (χ1v) is 14.4. The average Bonchev–Trinajstić information content (AvgIpc) is 3.63. The topological polar surface area (TPSA) is 167 Å². The number of aryl methyl sites for hydroxylation is 1. The molecule has 0 spiro atoms. The standard InChI is InChI=1S/C30H39FN6O8/c1-17-20(9-8-10-21(17)37(40)41)18(2)32-25-22(27-43-13-14-44-27)23(33-19(3)34-25)24(42-7)26(38)35-30(15-31)11-12-36(16-30)28(39)45-29(4,5)6/h8-10,13-14,18,24,27H,11-12,15-16H2,1-7H3,(H,35,38)(H,32,33,34)/t18-,24?,30?/m1/s1. The largest absolute Gasteiger partial charge is 0.455 e. The van der Waals surface area contributed by atoms with E-state index in [-0.39, 0.29) is 48.1 Å². The summed E-state index contributed by atoms with van der Waals surface area (Å²) in [6.07, 6.45) is -0.200. The van der Waals surface area contributed by atoms with Gasteiger partial charge in [-0.2, -0.15) is 0 Å². The molecule has 1 aromatic carbocycles. The molecule has 2 N–H and O–H groups in total. The summed E-state index contributed by atoms with van der Waals surface area (Å²) in [5.74, 6) is -0.172. The van der Waals surface area contributed by atoms with Gasteiger partial charge in [-0.05, 0) is 53.5 Å². The van der Waals surface area contributed by atoms with Gasteiger partial charge >= 0.3 is 6.09 Å². The van der Waals surface area contributed by atoms with Crippen LogP contribution in [0.25, 0.3) is 0 Å². The molecular formula is C30H39FN6O8. The van der Waals surface area contributed by atoms with E-state index in [4.69, 9.17) is 18.9 Å². The minimum atomic E-state index is -1.37. The molecule has 244 valence electrons. The number of methoxy groups -OCH3 is 1. The molecule has 3 heterocycles. The van der Waals surface area contributed by atoms with E-state index in [1.54, 1.807) is 46.8 Å². The highest BCUT2D eigenvalue weighted by molar-refractivity contribution is 5.83. The van der Waals surface area contributed by atoms with Crippen molar-refractivity contribution in [2.75, 3.05) is 32.2 Å². The Bertz CT molecular complexity index is 1470. The number of hydrogen-bond donors (Lipinski definition) is 2. The van der Waals surface area contributed by atoms with E-state index in [0.717, 1.165) is 0 Å². The monoisotopic (exact) mass is 630 g/mol. The summed E-state index contributed by atoms with van der Waals surface area (Å²) in [6, 6.07) is 4.31. The van der Waals surface area contributed by atoms with Crippen molar-refractivity contribution >= 4 is 23.5 Å². The number of ether oxygens (including phenoxy) is 4. The van der Waals surface area contributed by atoms with Crippen LogP contribution in [0.15, 0.2) is 30.7 Å². The van der Waals surface area contributed by atoms with E-state index in [1.165, 1.54) is 30.6 Å². The Balaban J connectivity index is 1.66. The highest BCUT2D eigenvalue weighted by Crippen LogP contribution is 2.38. The van der Waals surface area contributed by atoms with Gasteiger partial charge in [-0.3, -0.25) is 14.9 Å². The van der Waals surface area contributed by atoms with Crippen LogP contribution >= 0.6 is 0 Å². The Kier molecular flexibility index (Phi) is 9.80. The summed E-state index contributed by atoms with van der Waals surface area (Å²) < 4.78 is 36.9. The second-order valence-electron chi connectivity index (χ2n) is 12.1. The van der Waals surface area contributed by atoms with Crippen molar-refractivity contribution in [2.45, 2.75) is 77.5 Å². The Hall–Kier alpha value is -4.53. The van der Waals surface area contributed by atoms with Crippen molar-refractivity contribution in [3.8, 4) is 0 Å². The Morgan fingerprint density at radius 2 is 1.93 bits per heavy atom. The number of carbonyl (C=O) groups is 2. The first-order valence-electron chi connectivity index (χ1n) is 14.4. The number of nitro benzene ring substituents is 1. The van der Waals surface area contributed by atoms with Crippen molar-refractivity contribution in [3.63, 3.8) is 0 Å². The molecule has 1 saturated heterocycles. The Morgan fingerprint density at radius 3 is 2.53 bits per heavy atom. The Morgan fingerprint density at radius 1 is 1.24 bits per heavy atom. The first-order chi connectivity index (χ1) is 21.2. The maximum Gasteiger partial charge on any atom is 0.410 e. The van der Waals surface area contributed by atoms with Crippen molar-refractivity contribution in [1.82, 2.24) is 20.2 Å². The van der Waals surface area contributed by atoms with Gasteiger partial charge in [0.15, 0.2) is 6.10 Å². The molecule has 3 atom stereocenters. The van der Waals surface area contributed by atoms with Gasteiger partial charge in [0.25, 0.3) is 17.9 Å². The summed E-state index contributed by atoms with van der Waals surface area (Å²) in [5.41, 5.74) is -0.641. The van der Waals surface area contributed by atoms with Gasteiger partial charge in [-0.1, -0.05) is 12.1 Å². The molecule has 0 bridgehead atoms. The van der Waals surface area contributed by atoms with E-state index in [1.807, 2.05) is 6.92 Å². The second-order valence-corrected chi connectivity index (χ2v) is 12.1. The number of nitrogens with zero attached hydrogens (tertiary/aromatic N) is 4. The SMILES string of the molecule is COC(C(=O)NC1(CF)CCN(C(=O)OC(C)(C)C)C1)c1nc(C)nc(N[C@H](C)c2cccc([N+](=O)[O-])c2C)c1C1OC=CO1. The fourth-order valence-electron chi connectivity index (χ4n) is 5.38. The smallest absolute Gasteiger partial charge is 0.410 e. The first kappa shape index (κ1) is 33.4. The lowest BCUT2D eigenvalue weighted by Gasteiger charge is -2.31. The highest BCUT2D eigenvalue weighted by Gasteiger charge is 2.45. The maximum atomic E-state index is 14.6. The Labute approximate surface area is 260 Å². The van der Waals surface area contributed by atoms with E-state index in [2.05, 4.69) is 20.6 Å². The normalized spacial score (nSPS) is 19.4. The molecule has 2 aliphatic heterocycles. The van der Waals surface area contributed by atoms with Crippen LogP contribution in [0, 0.1) is 24.0 Å². The quantitative estimate of drug-likeness (QED) is 0.272. The third-order valence-corrected chi connectivity index (χ3v) is 7.52. The van der Waals surface area contributed by atoms with Crippen LogP contribution in [-0.4, -0.2) is 69.8 Å². The fourth-order valence-corrected chi connectivity index (χ4v) is 5.38. The number of benzene rings is 1. The van der Waals surface area contributed by atoms with E-state index in [0.29, 0.717) is 11.1 Å². The van der Waals surface area contributed by atoms with Crippen LogP contribution in [0.1, 0.15) is 80.8 Å². The second kappa shape index (κ2) is 13.2. The number of aromatic nitrogens is 2. The molecule has 0 aliphatic carbocycles.